The molecule has 1 aromatic heterocycles. The van der Waals surface area contributed by atoms with Gasteiger partial charge in [-0.05, 0) is 18.2 Å². The first kappa shape index (κ1) is 9.91. The van der Waals surface area contributed by atoms with Crippen molar-refractivity contribution in [1.82, 2.24) is 4.98 Å². The molecule has 0 spiro atoms. The number of aldehydes is 1. The number of pyridine rings is 1. The number of hydrogen-bond donors (Lipinski definition) is 2. The number of nitrogens with zero attached hydrogens (tertiary/aromatic N) is 1. The zero-order valence-corrected chi connectivity index (χ0v) is 7.18. The second-order valence-electron chi connectivity index (χ2n) is 2.50. The van der Waals surface area contributed by atoms with E-state index in [-0.39, 0.29) is 11.4 Å². The second kappa shape index (κ2) is 4.18. The summed E-state index contributed by atoms with van der Waals surface area (Å²) in [4.78, 5) is 24.3. The van der Waals surface area contributed by atoms with E-state index >= 15 is 0 Å². The number of carbonyl (C=O) groups excluding carboxylic acids is 1. The lowest BCUT2D eigenvalue weighted by molar-refractivity contribution is -0.104. The molecule has 0 unspecified atom stereocenters. The van der Waals surface area contributed by atoms with Crippen molar-refractivity contribution in [3.05, 3.63) is 29.5 Å². The van der Waals surface area contributed by atoms with Gasteiger partial charge in [-0.15, -0.1) is 0 Å². The summed E-state index contributed by atoms with van der Waals surface area (Å²) in [5.41, 5.74) is 5.91. The zero-order valence-electron chi connectivity index (χ0n) is 7.18. The molecule has 0 saturated carbocycles. The van der Waals surface area contributed by atoms with Crippen LogP contribution in [0.3, 0.4) is 0 Å². The fourth-order valence-electron chi connectivity index (χ4n) is 0.886. The normalized spacial score (nSPS) is 10.3. The topological polar surface area (TPSA) is 93.3 Å². The van der Waals surface area contributed by atoms with Crippen LogP contribution < -0.4 is 5.73 Å². The highest BCUT2D eigenvalue weighted by Gasteiger charge is 2.05. The maximum absolute atomic E-state index is 10.6. The van der Waals surface area contributed by atoms with Crippen molar-refractivity contribution in [2.45, 2.75) is 0 Å². The first-order chi connectivity index (χ1) is 6.65. The summed E-state index contributed by atoms with van der Waals surface area (Å²) in [6.07, 6.45) is 4.36. The maximum Gasteiger partial charge on any atom is 0.337 e. The van der Waals surface area contributed by atoms with Gasteiger partial charge in [0, 0.05) is 11.8 Å². The third-order valence-electron chi connectivity index (χ3n) is 1.55. The zero-order chi connectivity index (χ0) is 10.6. The van der Waals surface area contributed by atoms with Crippen LogP contribution in [-0.2, 0) is 4.79 Å². The molecule has 0 radical (unpaired) electrons. The predicted molar refractivity (Wildman–Crippen MR) is 50.7 cm³/mol. The fourth-order valence-corrected chi connectivity index (χ4v) is 0.886. The molecule has 0 bridgehead atoms. The summed E-state index contributed by atoms with van der Waals surface area (Å²) in [7, 11) is 0. The van der Waals surface area contributed by atoms with Crippen LogP contribution in [0.15, 0.2) is 18.3 Å². The predicted octanol–water partition coefficient (Wildman–Crippen LogP) is 0.574. The van der Waals surface area contributed by atoms with Gasteiger partial charge in [-0.1, -0.05) is 0 Å². The number of allylic oxidation sites excluding steroid dienone is 1. The summed E-state index contributed by atoms with van der Waals surface area (Å²) in [5, 5.41) is 8.65. The van der Waals surface area contributed by atoms with Crippen molar-refractivity contribution in [3.8, 4) is 0 Å². The van der Waals surface area contributed by atoms with Crippen molar-refractivity contribution < 1.29 is 14.7 Å². The number of nitrogen functional groups attached to an aromatic ring is 1. The van der Waals surface area contributed by atoms with E-state index in [2.05, 4.69) is 4.98 Å². The molecule has 5 heteroatoms. The van der Waals surface area contributed by atoms with Crippen molar-refractivity contribution >= 4 is 24.1 Å². The molecule has 0 atom stereocenters. The minimum Gasteiger partial charge on any atom is -0.478 e. The Labute approximate surface area is 79.9 Å². The summed E-state index contributed by atoms with van der Waals surface area (Å²) in [6.45, 7) is 0. The largest absolute Gasteiger partial charge is 0.478 e. The Balaban J connectivity index is 3.14. The van der Waals surface area contributed by atoms with Gasteiger partial charge in [-0.2, -0.15) is 0 Å². The number of aromatic nitrogens is 1. The molecule has 1 heterocycles. The van der Waals surface area contributed by atoms with E-state index in [1.165, 1.54) is 18.2 Å². The molecular weight excluding hydrogens is 184 g/mol. The van der Waals surface area contributed by atoms with Gasteiger partial charge in [0.15, 0.2) is 0 Å². The van der Waals surface area contributed by atoms with Crippen LogP contribution in [0.4, 0.5) is 5.82 Å². The van der Waals surface area contributed by atoms with E-state index in [1.807, 2.05) is 0 Å². The number of nitrogens with two attached hydrogens (primary N) is 1. The molecule has 1 rings (SSSR count). The maximum atomic E-state index is 10.6. The minimum absolute atomic E-state index is 0.0322. The smallest absolute Gasteiger partial charge is 0.337 e. The van der Waals surface area contributed by atoms with Crippen molar-refractivity contribution in [3.63, 3.8) is 0 Å². The first-order valence-corrected chi connectivity index (χ1v) is 3.76. The number of aromatic carboxylic acids is 1. The molecule has 14 heavy (non-hydrogen) atoms. The van der Waals surface area contributed by atoms with Gasteiger partial charge in [-0.3, -0.25) is 4.79 Å². The lowest BCUT2D eigenvalue weighted by atomic mass is 10.2. The van der Waals surface area contributed by atoms with Crippen LogP contribution in [0.1, 0.15) is 15.9 Å². The summed E-state index contributed by atoms with van der Waals surface area (Å²) < 4.78 is 0. The molecule has 3 N–H and O–H groups in total. The Morgan fingerprint density at radius 3 is 2.86 bits per heavy atom. The second-order valence-corrected chi connectivity index (χ2v) is 2.50. The highest BCUT2D eigenvalue weighted by molar-refractivity contribution is 5.89. The van der Waals surface area contributed by atoms with Crippen LogP contribution >= 0.6 is 0 Å². The van der Waals surface area contributed by atoms with Crippen molar-refractivity contribution in [2.75, 3.05) is 5.73 Å². The average molecular weight is 192 g/mol. The standard InChI is InChI=1S/C9H8N2O3/c10-8-6(2-1-3-12)4-7(5-11-8)9(13)14/h1-5H,(H2,10,11)(H,13,14). The quantitative estimate of drug-likeness (QED) is 0.539. The molecule has 0 saturated heterocycles. The van der Waals surface area contributed by atoms with Crippen LogP contribution in [0.5, 0.6) is 0 Å². The summed E-state index contributed by atoms with van der Waals surface area (Å²) in [6, 6.07) is 1.35. The number of hydrogen-bond acceptors (Lipinski definition) is 4. The third kappa shape index (κ3) is 2.16. The Kier molecular flexibility index (Phi) is 2.96. The molecule has 0 aliphatic rings. The lowest BCUT2D eigenvalue weighted by Crippen LogP contribution is -2.01. The van der Waals surface area contributed by atoms with E-state index in [1.54, 1.807) is 0 Å². The number of carboxylic acids is 1. The molecule has 5 nitrogen and oxygen atoms in total. The van der Waals surface area contributed by atoms with E-state index in [4.69, 9.17) is 10.8 Å². The van der Waals surface area contributed by atoms with E-state index in [0.29, 0.717) is 11.8 Å². The molecule has 1 aromatic rings. The average Bonchev–Trinajstić information content (AvgIpc) is 2.16. The minimum atomic E-state index is -1.08. The number of rotatable bonds is 3. The van der Waals surface area contributed by atoms with E-state index in [0.717, 1.165) is 6.20 Å². The number of carbonyl (C=O) groups is 2. The molecule has 0 fully saturated rings. The third-order valence-corrected chi connectivity index (χ3v) is 1.55. The lowest BCUT2D eigenvalue weighted by Gasteiger charge is -1.99. The van der Waals surface area contributed by atoms with Gasteiger partial charge in [0.05, 0.1) is 5.56 Å². The van der Waals surface area contributed by atoms with E-state index < -0.39 is 5.97 Å². The number of carboxylic acid groups (broad SMARTS) is 1. The van der Waals surface area contributed by atoms with Gasteiger partial charge < -0.3 is 10.8 Å². The highest BCUT2D eigenvalue weighted by Crippen LogP contribution is 2.12. The highest BCUT2D eigenvalue weighted by atomic mass is 16.4. The van der Waals surface area contributed by atoms with Gasteiger partial charge in [-0.25, -0.2) is 9.78 Å². The van der Waals surface area contributed by atoms with Gasteiger partial charge in [0.1, 0.15) is 12.1 Å². The monoisotopic (exact) mass is 192 g/mol. The number of anilines is 1. The molecule has 0 amide bonds. The van der Waals surface area contributed by atoms with Crippen molar-refractivity contribution in [2.24, 2.45) is 0 Å². The molecule has 0 aliphatic heterocycles. The molecule has 72 valence electrons. The molecule has 0 aliphatic carbocycles. The van der Waals surface area contributed by atoms with Gasteiger partial charge >= 0.3 is 5.97 Å². The Morgan fingerprint density at radius 1 is 1.57 bits per heavy atom. The summed E-state index contributed by atoms with van der Waals surface area (Å²) >= 11 is 0. The van der Waals surface area contributed by atoms with Gasteiger partial charge in [0.25, 0.3) is 0 Å². The Bertz CT molecular complexity index is 399. The molecular formula is C9H8N2O3. The Hall–Kier alpha value is -2.17. The van der Waals surface area contributed by atoms with Gasteiger partial charge in [0.2, 0.25) is 0 Å². The van der Waals surface area contributed by atoms with E-state index in [9.17, 15) is 9.59 Å². The Morgan fingerprint density at radius 2 is 2.29 bits per heavy atom. The SMILES string of the molecule is Nc1ncc(C(=O)O)cc1C=CC=O. The fraction of sp³-hybridized carbons (Fsp3) is 0. The van der Waals surface area contributed by atoms with Crippen molar-refractivity contribution in [1.29, 1.82) is 0 Å². The first-order valence-electron chi connectivity index (χ1n) is 3.76. The van der Waals surface area contributed by atoms with Crippen LogP contribution in [0, 0.1) is 0 Å². The molecule has 0 aromatic carbocycles. The van der Waals surface area contributed by atoms with Crippen LogP contribution in [0.2, 0.25) is 0 Å². The summed E-state index contributed by atoms with van der Waals surface area (Å²) in [5.74, 6) is -0.897. The van der Waals surface area contributed by atoms with Crippen LogP contribution in [-0.4, -0.2) is 22.3 Å². The van der Waals surface area contributed by atoms with Crippen LogP contribution in [0.25, 0.3) is 6.08 Å².